The van der Waals surface area contributed by atoms with Gasteiger partial charge in [-0.2, -0.15) is 0 Å². The van der Waals surface area contributed by atoms with Crippen LogP contribution in [0.25, 0.3) is 6.08 Å². The van der Waals surface area contributed by atoms with Gasteiger partial charge in [-0.1, -0.05) is 18.2 Å². The van der Waals surface area contributed by atoms with Gasteiger partial charge in [-0.3, -0.25) is 14.5 Å². The lowest BCUT2D eigenvalue weighted by molar-refractivity contribution is -0.139. The van der Waals surface area contributed by atoms with Crippen LogP contribution in [0, 0.1) is 0 Å². The van der Waals surface area contributed by atoms with Crippen LogP contribution in [-0.2, 0) is 9.59 Å². The number of anilines is 1. The van der Waals surface area contributed by atoms with Crippen LogP contribution in [0.2, 0.25) is 0 Å². The molecule has 0 bridgehead atoms. The van der Waals surface area contributed by atoms with E-state index in [4.69, 9.17) is 0 Å². The largest absolute Gasteiger partial charge is 0.378 e. The second kappa shape index (κ2) is 6.19. The van der Waals surface area contributed by atoms with Crippen molar-refractivity contribution in [3.8, 4) is 0 Å². The fourth-order valence-corrected chi connectivity index (χ4v) is 1.95. The molecule has 1 aromatic rings. The Hall–Kier alpha value is -2.36. The Morgan fingerprint density at radius 1 is 1.25 bits per heavy atom. The van der Waals surface area contributed by atoms with Crippen molar-refractivity contribution in [3.63, 3.8) is 0 Å². The standard InChI is InChI=1S/C16H18N2O2/c1-17(2)14-9-6-13(7-10-14)8-11-16(20)18-12-4-3-5-15(18)19/h3,5-11H,4,12H2,1-2H3. The number of hydrogen-bond donors (Lipinski definition) is 0. The number of benzene rings is 1. The average Bonchev–Trinajstić information content (AvgIpc) is 2.45. The van der Waals surface area contributed by atoms with Crippen LogP contribution in [-0.4, -0.2) is 37.4 Å². The van der Waals surface area contributed by atoms with Crippen molar-refractivity contribution in [1.29, 1.82) is 0 Å². The molecule has 0 aromatic heterocycles. The van der Waals surface area contributed by atoms with Crippen LogP contribution in [0.3, 0.4) is 0 Å². The molecule has 0 saturated carbocycles. The first-order valence-corrected chi connectivity index (χ1v) is 6.55. The Labute approximate surface area is 119 Å². The lowest BCUT2D eigenvalue weighted by Crippen LogP contribution is -2.37. The monoisotopic (exact) mass is 270 g/mol. The van der Waals surface area contributed by atoms with Crippen LogP contribution in [0.1, 0.15) is 12.0 Å². The summed E-state index contributed by atoms with van der Waals surface area (Å²) in [4.78, 5) is 26.7. The van der Waals surface area contributed by atoms with Gasteiger partial charge in [-0.05, 0) is 36.3 Å². The van der Waals surface area contributed by atoms with E-state index in [0.717, 1.165) is 17.7 Å². The highest BCUT2D eigenvalue weighted by Crippen LogP contribution is 2.13. The Balaban J connectivity index is 2.03. The number of nitrogens with zero attached hydrogens (tertiary/aromatic N) is 2. The molecule has 2 rings (SSSR count). The van der Waals surface area contributed by atoms with Crippen molar-refractivity contribution in [2.75, 3.05) is 25.5 Å². The fourth-order valence-electron chi connectivity index (χ4n) is 1.95. The molecule has 0 spiro atoms. The summed E-state index contributed by atoms with van der Waals surface area (Å²) in [5, 5.41) is 0. The predicted molar refractivity (Wildman–Crippen MR) is 80.3 cm³/mol. The number of rotatable bonds is 3. The van der Waals surface area contributed by atoms with Gasteiger partial charge in [0, 0.05) is 32.4 Å². The second-order valence-corrected chi connectivity index (χ2v) is 4.84. The van der Waals surface area contributed by atoms with Gasteiger partial charge in [0.1, 0.15) is 0 Å². The topological polar surface area (TPSA) is 40.6 Å². The summed E-state index contributed by atoms with van der Waals surface area (Å²) in [5.41, 5.74) is 2.04. The van der Waals surface area contributed by atoms with E-state index < -0.39 is 0 Å². The molecule has 1 aromatic carbocycles. The molecule has 1 heterocycles. The van der Waals surface area contributed by atoms with Gasteiger partial charge in [0.25, 0.3) is 11.8 Å². The highest BCUT2D eigenvalue weighted by molar-refractivity contribution is 6.06. The summed E-state index contributed by atoms with van der Waals surface area (Å²) in [7, 11) is 3.95. The van der Waals surface area contributed by atoms with E-state index in [-0.39, 0.29) is 11.8 Å². The molecule has 4 heteroatoms. The highest BCUT2D eigenvalue weighted by atomic mass is 16.2. The van der Waals surface area contributed by atoms with Crippen molar-refractivity contribution in [1.82, 2.24) is 4.90 Å². The molecule has 0 radical (unpaired) electrons. The zero-order valence-electron chi connectivity index (χ0n) is 11.7. The quantitative estimate of drug-likeness (QED) is 0.790. The Kier molecular flexibility index (Phi) is 4.35. The SMILES string of the molecule is CN(C)c1ccc(C=CC(=O)N2CCC=CC2=O)cc1. The van der Waals surface area contributed by atoms with Crippen LogP contribution < -0.4 is 4.90 Å². The molecule has 0 saturated heterocycles. The number of carbonyl (C=O) groups is 2. The van der Waals surface area contributed by atoms with Crippen LogP contribution in [0.15, 0.2) is 42.5 Å². The smallest absolute Gasteiger partial charge is 0.253 e. The van der Waals surface area contributed by atoms with E-state index in [9.17, 15) is 9.59 Å². The molecule has 0 atom stereocenters. The highest BCUT2D eigenvalue weighted by Gasteiger charge is 2.18. The van der Waals surface area contributed by atoms with Gasteiger partial charge < -0.3 is 4.90 Å². The Bertz CT molecular complexity index is 556. The molecule has 0 fully saturated rings. The van der Waals surface area contributed by atoms with Gasteiger partial charge in [0.15, 0.2) is 0 Å². The third-order valence-electron chi connectivity index (χ3n) is 3.14. The minimum Gasteiger partial charge on any atom is -0.378 e. The lowest BCUT2D eigenvalue weighted by Gasteiger charge is -2.19. The summed E-state index contributed by atoms with van der Waals surface area (Å²) in [5.74, 6) is -0.509. The first kappa shape index (κ1) is 14.1. The Morgan fingerprint density at radius 3 is 2.55 bits per heavy atom. The lowest BCUT2D eigenvalue weighted by atomic mass is 10.1. The summed E-state index contributed by atoms with van der Waals surface area (Å²) in [6.45, 7) is 0.456. The maximum Gasteiger partial charge on any atom is 0.253 e. The molecule has 104 valence electrons. The molecule has 2 amide bonds. The molecular formula is C16H18N2O2. The van der Waals surface area contributed by atoms with Crippen molar-refractivity contribution in [3.05, 3.63) is 48.1 Å². The number of amides is 2. The van der Waals surface area contributed by atoms with Crippen molar-refractivity contribution >= 4 is 23.6 Å². The normalized spacial score (nSPS) is 14.9. The summed E-state index contributed by atoms with van der Waals surface area (Å²) < 4.78 is 0. The third kappa shape index (κ3) is 3.35. The maximum absolute atomic E-state index is 11.9. The zero-order valence-corrected chi connectivity index (χ0v) is 11.7. The van der Waals surface area contributed by atoms with Crippen molar-refractivity contribution in [2.45, 2.75) is 6.42 Å². The molecule has 1 aliphatic heterocycles. The van der Waals surface area contributed by atoms with Crippen LogP contribution in [0.5, 0.6) is 0 Å². The van der Waals surface area contributed by atoms with E-state index >= 15 is 0 Å². The van der Waals surface area contributed by atoms with E-state index in [2.05, 4.69) is 0 Å². The molecule has 1 aliphatic rings. The van der Waals surface area contributed by atoms with Gasteiger partial charge in [0.2, 0.25) is 0 Å². The van der Waals surface area contributed by atoms with Gasteiger partial charge in [-0.25, -0.2) is 0 Å². The molecule has 20 heavy (non-hydrogen) atoms. The summed E-state index contributed by atoms with van der Waals surface area (Å²) >= 11 is 0. The van der Waals surface area contributed by atoms with Gasteiger partial charge >= 0.3 is 0 Å². The van der Waals surface area contributed by atoms with Crippen molar-refractivity contribution in [2.24, 2.45) is 0 Å². The van der Waals surface area contributed by atoms with Crippen molar-refractivity contribution < 1.29 is 9.59 Å². The molecule has 0 N–H and O–H groups in total. The van der Waals surface area contributed by atoms with E-state index in [0.29, 0.717) is 6.54 Å². The van der Waals surface area contributed by atoms with E-state index in [1.807, 2.05) is 43.3 Å². The van der Waals surface area contributed by atoms with E-state index in [1.165, 1.54) is 17.1 Å². The van der Waals surface area contributed by atoms with Gasteiger partial charge in [0.05, 0.1) is 0 Å². The molecule has 4 nitrogen and oxygen atoms in total. The summed E-state index contributed by atoms with van der Waals surface area (Å²) in [6, 6.07) is 7.85. The molecular weight excluding hydrogens is 252 g/mol. The zero-order chi connectivity index (χ0) is 14.5. The van der Waals surface area contributed by atoms with Crippen LogP contribution in [0.4, 0.5) is 5.69 Å². The predicted octanol–water partition coefficient (Wildman–Crippen LogP) is 2.08. The minimum absolute atomic E-state index is 0.242. The number of hydrogen-bond acceptors (Lipinski definition) is 3. The third-order valence-corrected chi connectivity index (χ3v) is 3.14. The first-order valence-electron chi connectivity index (χ1n) is 6.55. The number of imide groups is 1. The average molecular weight is 270 g/mol. The summed E-state index contributed by atoms with van der Waals surface area (Å²) in [6.07, 6.45) is 7.13. The van der Waals surface area contributed by atoms with Crippen LogP contribution >= 0.6 is 0 Å². The maximum atomic E-state index is 11.9. The molecule has 0 unspecified atom stereocenters. The molecule has 0 aliphatic carbocycles. The van der Waals surface area contributed by atoms with Gasteiger partial charge in [-0.15, -0.1) is 0 Å². The number of carbonyl (C=O) groups excluding carboxylic acids is 2. The fraction of sp³-hybridized carbons (Fsp3) is 0.250. The first-order chi connectivity index (χ1) is 9.58. The van der Waals surface area contributed by atoms with E-state index in [1.54, 1.807) is 12.2 Å². The Morgan fingerprint density at radius 2 is 1.95 bits per heavy atom. The minimum atomic E-state index is -0.268. The second-order valence-electron chi connectivity index (χ2n) is 4.84.